The SMILES string of the molecule is CC(=O)N1CCCN(c2oc(C=C3C=Nc4ncccc43)c(O)c2C(=O)O)CC1. The van der Waals surface area contributed by atoms with Crippen molar-refractivity contribution in [3.8, 4) is 5.75 Å². The molecule has 0 bridgehead atoms. The topological polar surface area (TPSA) is 119 Å². The highest BCUT2D eigenvalue weighted by atomic mass is 16.4. The van der Waals surface area contributed by atoms with Gasteiger partial charge in [-0.2, -0.15) is 0 Å². The number of furan rings is 1. The summed E-state index contributed by atoms with van der Waals surface area (Å²) in [6.45, 7) is 3.49. The summed E-state index contributed by atoms with van der Waals surface area (Å²) >= 11 is 0. The molecule has 0 spiro atoms. The Morgan fingerprint density at radius 3 is 2.83 bits per heavy atom. The third kappa shape index (κ3) is 3.46. The molecule has 29 heavy (non-hydrogen) atoms. The largest absolute Gasteiger partial charge is 0.504 e. The second-order valence-corrected chi connectivity index (χ2v) is 6.88. The maximum atomic E-state index is 11.8. The second-order valence-electron chi connectivity index (χ2n) is 6.88. The highest BCUT2D eigenvalue weighted by Gasteiger charge is 2.30. The van der Waals surface area contributed by atoms with Crippen LogP contribution >= 0.6 is 0 Å². The molecule has 2 aliphatic rings. The molecule has 4 rings (SSSR count). The van der Waals surface area contributed by atoms with Gasteiger partial charge in [0.05, 0.1) is 0 Å². The van der Waals surface area contributed by atoms with Crippen molar-refractivity contribution in [1.82, 2.24) is 9.88 Å². The molecule has 9 heteroatoms. The van der Waals surface area contributed by atoms with E-state index in [1.807, 2.05) is 6.07 Å². The maximum Gasteiger partial charge on any atom is 0.345 e. The summed E-state index contributed by atoms with van der Waals surface area (Å²) in [5, 5.41) is 20.2. The van der Waals surface area contributed by atoms with Gasteiger partial charge in [0, 0.05) is 56.7 Å². The van der Waals surface area contributed by atoms with Gasteiger partial charge in [0.25, 0.3) is 0 Å². The van der Waals surface area contributed by atoms with E-state index >= 15 is 0 Å². The summed E-state index contributed by atoms with van der Waals surface area (Å²) in [5.41, 5.74) is 1.15. The lowest BCUT2D eigenvalue weighted by molar-refractivity contribution is -0.128. The van der Waals surface area contributed by atoms with E-state index in [-0.39, 0.29) is 23.1 Å². The number of fused-ring (bicyclic) bond motifs is 1. The fourth-order valence-electron chi connectivity index (χ4n) is 3.56. The number of hydrogen-bond donors (Lipinski definition) is 2. The van der Waals surface area contributed by atoms with Crippen LogP contribution in [0.25, 0.3) is 11.6 Å². The number of hydrogen-bond acceptors (Lipinski definition) is 7. The number of allylic oxidation sites excluding steroid dienone is 1. The average molecular weight is 396 g/mol. The van der Waals surface area contributed by atoms with Crippen LogP contribution in [0.3, 0.4) is 0 Å². The molecule has 9 nitrogen and oxygen atoms in total. The number of aliphatic imine (C=N–C) groups is 1. The molecule has 2 aromatic heterocycles. The van der Waals surface area contributed by atoms with Crippen LogP contribution in [0.15, 0.2) is 27.7 Å². The number of carboxylic acid groups (broad SMARTS) is 1. The number of carbonyl (C=O) groups is 2. The molecule has 150 valence electrons. The van der Waals surface area contributed by atoms with Crippen molar-refractivity contribution >= 4 is 41.4 Å². The minimum atomic E-state index is -1.28. The van der Waals surface area contributed by atoms with Gasteiger partial charge >= 0.3 is 5.97 Å². The number of aromatic hydroxyl groups is 1. The molecule has 4 heterocycles. The Bertz CT molecular complexity index is 1040. The van der Waals surface area contributed by atoms with Gasteiger partial charge in [-0.25, -0.2) is 14.8 Å². The Morgan fingerprint density at radius 2 is 2.07 bits per heavy atom. The van der Waals surface area contributed by atoms with E-state index in [4.69, 9.17) is 4.42 Å². The predicted octanol–water partition coefficient (Wildman–Crippen LogP) is 2.39. The third-order valence-corrected chi connectivity index (χ3v) is 5.04. The summed E-state index contributed by atoms with van der Waals surface area (Å²) in [5.74, 6) is -1.04. The molecule has 0 aliphatic carbocycles. The Hall–Kier alpha value is -3.62. The number of aromatic nitrogens is 1. The highest BCUT2D eigenvalue weighted by molar-refractivity contribution is 6.21. The summed E-state index contributed by atoms with van der Waals surface area (Å²) in [4.78, 5) is 35.3. The number of amides is 1. The number of aromatic carboxylic acids is 1. The lowest BCUT2D eigenvalue weighted by Gasteiger charge is -2.21. The molecule has 2 N–H and O–H groups in total. The minimum absolute atomic E-state index is 0.0224. The quantitative estimate of drug-likeness (QED) is 0.817. The highest BCUT2D eigenvalue weighted by Crippen LogP contribution is 2.39. The van der Waals surface area contributed by atoms with Gasteiger partial charge in [0.15, 0.2) is 22.9 Å². The van der Waals surface area contributed by atoms with Crippen molar-refractivity contribution in [1.29, 1.82) is 0 Å². The molecule has 1 fully saturated rings. The first kappa shape index (κ1) is 18.7. The van der Waals surface area contributed by atoms with Crippen LogP contribution < -0.4 is 4.90 Å². The molecule has 1 saturated heterocycles. The number of rotatable bonds is 3. The lowest BCUT2D eigenvalue weighted by Crippen LogP contribution is -2.33. The molecular weight excluding hydrogens is 376 g/mol. The van der Waals surface area contributed by atoms with Crippen LogP contribution in [0.4, 0.5) is 11.7 Å². The maximum absolute atomic E-state index is 11.8. The second kappa shape index (κ2) is 7.42. The van der Waals surface area contributed by atoms with Crippen molar-refractivity contribution in [2.45, 2.75) is 13.3 Å². The zero-order valence-corrected chi connectivity index (χ0v) is 15.8. The summed E-state index contributed by atoms with van der Waals surface area (Å²) in [6, 6.07) is 3.61. The lowest BCUT2D eigenvalue weighted by atomic mass is 10.1. The molecule has 0 unspecified atom stereocenters. The molecular formula is C20H20N4O5. The van der Waals surface area contributed by atoms with Crippen LogP contribution in [-0.2, 0) is 4.79 Å². The standard InChI is InChI=1S/C20H20N4O5/c1-12(25)23-6-3-7-24(9-8-23)19-16(20(27)28)17(26)15(29-19)10-13-11-22-18-14(13)4-2-5-21-18/h2,4-5,10-11,26H,3,6-9H2,1H3,(H,27,28). The van der Waals surface area contributed by atoms with Crippen LogP contribution in [0.2, 0.25) is 0 Å². The van der Waals surface area contributed by atoms with Gasteiger partial charge in [0.2, 0.25) is 11.8 Å². The van der Waals surface area contributed by atoms with E-state index in [9.17, 15) is 19.8 Å². The molecule has 2 aromatic rings. The molecule has 0 atom stereocenters. The van der Waals surface area contributed by atoms with Crippen molar-refractivity contribution in [3.63, 3.8) is 0 Å². The van der Waals surface area contributed by atoms with E-state index in [1.165, 1.54) is 6.92 Å². The Morgan fingerprint density at radius 1 is 1.24 bits per heavy atom. The monoisotopic (exact) mass is 396 g/mol. The molecule has 0 saturated carbocycles. The Balaban J connectivity index is 1.70. The van der Waals surface area contributed by atoms with Crippen molar-refractivity contribution in [3.05, 3.63) is 35.2 Å². The first-order valence-electron chi connectivity index (χ1n) is 9.26. The first-order valence-corrected chi connectivity index (χ1v) is 9.26. The number of anilines is 1. The normalized spacial score (nSPS) is 17.5. The fourth-order valence-corrected chi connectivity index (χ4v) is 3.56. The van der Waals surface area contributed by atoms with Crippen LogP contribution in [0.1, 0.15) is 35.0 Å². The summed E-state index contributed by atoms with van der Waals surface area (Å²) in [6.07, 6.45) is 5.45. The van der Waals surface area contributed by atoms with E-state index in [2.05, 4.69) is 9.98 Å². The van der Waals surface area contributed by atoms with Crippen LogP contribution in [0, 0.1) is 0 Å². The Labute approximate surface area is 166 Å². The fraction of sp³-hybridized carbons (Fsp3) is 0.300. The van der Waals surface area contributed by atoms with Gasteiger partial charge in [-0.05, 0) is 24.6 Å². The van der Waals surface area contributed by atoms with Gasteiger partial charge in [-0.15, -0.1) is 0 Å². The molecule has 0 aromatic carbocycles. The van der Waals surface area contributed by atoms with Crippen LogP contribution in [0.5, 0.6) is 5.75 Å². The van der Waals surface area contributed by atoms with Gasteiger partial charge in [0.1, 0.15) is 0 Å². The molecule has 1 amide bonds. The minimum Gasteiger partial charge on any atom is -0.504 e. The summed E-state index contributed by atoms with van der Waals surface area (Å²) < 4.78 is 5.81. The zero-order valence-electron chi connectivity index (χ0n) is 15.8. The third-order valence-electron chi connectivity index (χ3n) is 5.04. The number of carbonyl (C=O) groups excluding carboxylic acids is 1. The molecule has 0 radical (unpaired) electrons. The van der Waals surface area contributed by atoms with Gasteiger partial charge in [-0.1, -0.05) is 0 Å². The van der Waals surface area contributed by atoms with E-state index in [0.717, 1.165) is 5.56 Å². The predicted molar refractivity (Wildman–Crippen MR) is 107 cm³/mol. The van der Waals surface area contributed by atoms with Crippen molar-refractivity contribution < 1.29 is 24.2 Å². The van der Waals surface area contributed by atoms with E-state index < -0.39 is 11.7 Å². The number of pyridine rings is 1. The van der Waals surface area contributed by atoms with Crippen molar-refractivity contribution in [2.24, 2.45) is 4.99 Å². The van der Waals surface area contributed by atoms with Crippen LogP contribution in [-0.4, -0.2) is 64.4 Å². The number of carboxylic acids is 1. The molecule has 2 aliphatic heterocycles. The van der Waals surface area contributed by atoms with E-state index in [1.54, 1.807) is 34.4 Å². The smallest absolute Gasteiger partial charge is 0.345 e. The van der Waals surface area contributed by atoms with Gasteiger partial charge < -0.3 is 24.4 Å². The van der Waals surface area contributed by atoms with Gasteiger partial charge in [-0.3, -0.25) is 4.79 Å². The van der Waals surface area contributed by atoms with Crippen molar-refractivity contribution in [2.75, 3.05) is 31.1 Å². The zero-order chi connectivity index (χ0) is 20.5. The first-order chi connectivity index (χ1) is 14.0. The summed E-state index contributed by atoms with van der Waals surface area (Å²) in [7, 11) is 0. The number of nitrogens with zero attached hydrogens (tertiary/aromatic N) is 4. The average Bonchev–Trinajstić information content (AvgIpc) is 3.13. The van der Waals surface area contributed by atoms with E-state index in [0.29, 0.717) is 44.0 Å². The Kier molecular flexibility index (Phi) is 4.79.